The van der Waals surface area contributed by atoms with E-state index in [1.54, 1.807) is 26.2 Å². The molecule has 0 unspecified atom stereocenters. The summed E-state index contributed by atoms with van der Waals surface area (Å²) in [5, 5.41) is 2.55. The minimum absolute atomic E-state index is 0.0907. The van der Waals surface area contributed by atoms with Crippen LogP contribution >= 0.6 is 0 Å². The fraction of sp³-hybridized carbons (Fsp3) is 0.300. The predicted octanol–water partition coefficient (Wildman–Crippen LogP) is 2.52. The topological polar surface area (TPSA) is 58.6 Å². The average molecular weight is 340 g/mol. The van der Waals surface area contributed by atoms with Crippen LogP contribution < -0.4 is 10.1 Å². The second-order valence-electron chi connectivity index (χ2n) is 5.73. The Balaban J connectivity index is 1.96. The SMILES string of the molecule is CNC(=O)CCN(C)C(=O)c1ccccc1OCCc1ccccc1. The van der Waals surface area contributed by atoms with Gasteiger partial charge in [0.05, 0.1) is 12.2 Å². The summed E-state index contributed by atoms with van der Waals surface area (Å²) < 4.78 is 5.83. The molecule has 132 valence electrons. The Hall–Kier alpha value is -2.82. The number of hydrogen-bond donors (Lipinski definition) is 1. The van der Waals surface area contributed by atoms with Crippen LogP contribution in [0.1, 0.15) is 22.3 Å². The second kappa shape index (κ2) is 9.47. The van der Waals surface area contributed by atoms with Gasteiger partial charge in [0.1, 0.15) is 5.75 Å². The van der Waals surface area contributed by atoms with Gasteiger partial charge < -0.3 is 15.0 Å². The lowest BCUT2D eigenvalue weighted by molar-refractivity contribution is -0.120. The number of nitrogens with zero attached hydrogens (tertiary/aromatic N) is 1. The highest BCUT2D eigenvalue weighted by atomic mass is 16.5. The molecule has 2 aromatic rings. The molecule has 0 bridgehead atoms. The van der Waals surface area contributed by atoms with Crippen molar-refractivity contribution < 1.29 is 14.3 Å². The molecule has 0 aliphatic rings. The van der Waals surface area contributed by atoms with E-state index in [9.17, 15) is 9.59 Å². The average Bonchev–Trinajstić information content (AvgIpc) is 2.66. The molecular formula is C20H24N2O3. The van der Waals surface area contributed by atoms with Crippen LogP contribution in [0.5, 0.6) is 5.75 Å². The summed E-state index contributed by atoms with van der Waals surface area (Å²) >= 11 is 0. The van der Waals surface area contributed by atoms with Gasteiger partial charge in [0, 0.05) is 33.5 Å². The van der Waals surface area contributed by atoms with Crippen LogP contribution in [-0.2, 0) is 11.2 Å². The summed E-state index contributed by atoms with van der Waals surface area (Å²) in [7, 11) is 3.27. The maximum Gasteiger partial charge on any atom is 0.257 e. The Morgan fingerprint density at radius 2 is 1.72 bits per heavy atom. The summed E-state index contributed by atoms with van der Waals surface area (Å²) in [5.41, 5.74) is 1.70. The first-order valence-corrected chi connectivity index (χ1v) is 8.33. The Morgan fingerprint density at radius 3 is 2.44 bits per heavy atom. The molecule has 0 saturated carbocycles. The molecule has 0 saturated heterocycles. The highest BCUT2D eigenvalue weighted by Gasteiger charge is 2.17. The molecule has 2 rings (SSSR count). The summed E-state index contributed by atoms with van der Waals surface area (Å²) in [6.45, 7) is 0.854. The van der Waals surface area contributed by atoms with Crippen molar-refractivity contribution in [1.82, 2.24) is 10.2 Å². The number of nitrogens with one attached hydrogen (secondary N) is 1. The van der Waals surface area contributed by atoms with Gasteiger partial charge in [-0.05, 0) is 17.7 Å². The fourth-order valence-electron chi connectivity index (χ4n) is 2.39. The van der Waals surface area contributed by atoms with Crippen LogP contribution in [0, 0.1) is 0 Å². The number of carbonyl (C=O) groups is 2. The highest BCUT2D eigenvalue weighted by molar-refractivity contribution is 5.97. The van der Waals surface area contributed by atoms with E-state index < -0.39 is 0 Å². The lowest BCUT2D eigenvalue weighted by Gasteiger charge is -2.19. The zero-order valence-corrected chi connectivity index (χ0v) is 14.7. The van der Waals surface area contributed by atoms with Crippen molar-refractivity contribution in [3.8, 4) is 5.75 Å². The Kier molecular flexibility index (Phi) is 7.01. The van der Waals surface area contributed by atoms with Crippen molar-refractivity contribution in [2.24, 2.45) is 0 Å². The minimum atomic E-state index is -0.154. The molecule has 5 heteroatoms. The largest absolute Gasteiger partial charge is 0.492 e. The lowest BCUT2D eigenvalue weighted by Crippen LogP contribution is -2.31. The third-order valence-electron chi connectivity index (χ3n) is 3.91. The van der Waals surface area contributed by atoms with Gasteiger partial charge in [-0.1, -0.05) is 42.5 Å². The van der Waals surface area contributed by atoms with Crippen LogP contribution in [0.4, 0.5) is 0 Å². The number of para-hydroxylation sites is 1. The normalized spacial score (nSPS) is 10.2. The molecule has 0 aliphatic heterocycles. The summed E-state index contributed by atoms with van der Waals surface area (Å²) in [6, 6.07) is 17.3. The van der Waals surface area contributed by atoms with Crippen LogP contribution in [0.2, 0.25) is 0 Å². The van der Waals surface area contributed by atoms with E-state index in [0.717, 1.165) is 6.42 Å². The van der Waals surface area contributed by atoms with Crippen LogP contribution in [0.3, 0.4) is 0 Å². The monoisotopic (exact) mass is 340 g/mol. The van der Waals surface area contributed by atoms with E-state index in [-0.39, 0.29) is 18.2 Å². The summed E-state index contributed by atoms with van der Waals surface area (Å²) in [4.78, 5) is 25.5. The minimum Gasteiger partial charge on any atom is -0.492 e. The van der Waals surface area contributed by atoms with Crippen molar-refractivity contribution in [3.63, 3.8) is 0 Å². The summed E-state index contributed by atoms with van der Waals surface area (Å²) in [6.07, 6.45) is 1.05. The van der Waals surface area contributed by atoms with Gasteiger partial charge in [-0.3, -0.25) is 9.59 Å². The van der Waals surface area contributed by atoms with Crippen LogP contribution in [-0.4, -0.2) is 44.0 Å². The lowest BCUT2D eigenvalue weighted by atomic mass is 10.1. The third kappa shape index (κ3) is 5.64. The van der Waals surface area contributed by atoms with Gasteiger partial charge in [-0.15, -0.1) is 0 Å². The smallest absolute Gasteiger partial charge is 0.257 e. The van der Waals surface area contributed by atoms with E-state index in [4.69, 9.17) is 4.74 Å². The molecule has 1 N–H and O–H groups in total. The van der Waals surface area contributed by atoms with Gasteiger partial charge in [0.25, 0.3) is 5.91 Å². The molecule has 0 spiro atoms. The summed E-state index contributed by atoms with van der Waals surface area (Å²) in [5.74, 6) is 0.321. The molecule has 0 atom stereocenters. The zero-order chi connectivity index (χ0) is 18.1. The first-order valence-electron chi connectivity index (χ1n) is 8.33. The van der Waals surface area contributed by atoms with E-state index in [1.165, 1.54) is 10.5 Å². The molecule has 0 aromatic heterocycles. The maximum atomic E-state index is 12.6. The predicted molar refractivity (Wildman–Crippen MR) is 97.7 cm³/mol. The molecule has 0 heterocycles. The van der Waals surface area contributed by atoms with Crippen molar-refractivity contribution in [1.29, 1.82) is 0 Å². The van der Waals surface area contributed by atoms with E-state index >= 15 is 0 Å². The van der Waals surface area contributed by atoms with E-state index in [2.05, 4.69) is 5.32 Å². The first kappa shape index (κ1) is 18.5. The van der Waals surface area contributed by atoms with Gasteiger partial charge in [-0.2, -0.15) is 0 Å². The Bertz CT molecular complexity index is 701. The molecule has 25 heavy (non-hydrogen) atoms. The number of amides is 2. The highest BCUT2D eigenvalue weighted by Crippen LogP contribution is 2.20. The third-order valence-corrected chi connectivity index (χ3v) is 3.91. The second-order valence-corrected chi connectivity index (χ2v) is 5.73. The number of hydrogen-bond acceptors (Lipinski definition) is 3. The molecule has 5 nitrogen and oxygen atoms in total. The number of rotatable bonds is 8. The molecular weight excluding hydrogens is 316 g/mol. The van der Waals surface area contributed by atoms with Gasteiger partial charge in [-0.25, -0.2) is 0 Å². The number of benzene rings is 2. The number of carbonyl (C=O) groups excluding carboxylic acids is 2. The van der Waals surface area contributed by atoms with Gasteiger partial charge in [0.2, 0.25) is 5.91 Å². The van der Waals surface area contributed by atoms with Gasteiger partial charge >= 0.3 is 0 Å². The molecule has 2 aromatic carbocycles. The van der Waals surface area contributed by atoms with Crippen molar-refractivity contribution in [3.05, 3.63) is 65.7 Å². The van der Waals surface area contributed by atoms with E-state index in [1.807, 2.05) is 42.5 Å². The van der Waals surface area contributed by atoms with Crippen LogP contribution in [0.15, 0.2) is 54.6 Å². The molecule has 0 fully saturated rings. The quantitative estimate of drug-likeness (QED) is 0.803. The molecule has 2 amide bonds. The molecule has 0 aliphatic carbocycles. The van der Waals surface area contributed by atoms with Crippen LogP contribution in [0.25, 0.3) is 0 Å². The van der Waals surface area contributed by atoms with Gasteiger partial charge in [0.15, 0.2) is 0 Å². The molecule has 0 radical (unpaired) electrons. The Morgan fingerprint density at radius 1 is 1.04 bits per heavy atom. The standard InChI is InChI=1S/C20H24N2O3/c1-21-19(23)12-14-22(2)20(24)17-10-6-7-11-18(17)25-15-13-16-8-4-3-5-9-16/h3-11H,12-15H2,1-2H3,(H,21,23). The van der Waals surface area contributed by atoms with Crippen molar-refractivity contribution >= 4 is 11.8 Å². The zero-order valence-electron chi connectivity index (χ0n) is 14.7. The van der Waals surface area contributed by atoms with E-state index in [0.29, 0.717) is 24.5 Å². The van der Waals surface area contributed by atoms with Crippen molar-refractivity contribution in [2.75, 3.05) is 27.2 Å². The number of ether oxygens (including phenoxy) is 1. The first-order chi connectivity index (χ1) is 12.1. The Labute approximate surface area is 148 Å². The van der Waals surface area contributed by atoms with Crippen molar-refractivity contribution in [2.45, 2.75) is 12.8 Å². The maximum absolute atomic E-state index is 12.6. The fourth-order valence-corrected chi connectivity index (χ4v) is 2.39.